The Labute approximate surface area is 128 Å². The van der Waals surface area contributed by atoms with Gasteiger partial charge in [0.2, 0.25) is 0 Å². The number of hydrogen-bond donors (Lipinski definition) is 0. The third-order valence-corrected chi connectivity index (χ3v) is 3.98. The monoisotopic (exact) mass is 350 g/mol. The van der Waals surface area contributed by atoms with E-state index in [1.54, 1.807) is 30.3 Å². The summed E-state index contributed by atoms with van der Waals surface area (Å²) < 4.78 is 0. The number of amides is 2. The van der Waals surface area contributed by atoms with Gasteiger partial charge in [0.25, 0.3) is 11.8 Å². The molecule has 0 atom stereocenters. The van der Waals surface area contributed by atoms with Crippen molar-refractivity contribution in [3.05, 3.63) is 58.2 Å². The summed E-state index contributed by atoms with van der Waals surface area (Å²) >= 11 is 9.44. The number of rotatable bonds is 2. The Kier molecular flexibility index (Phi) is 3.31. The van der Waals surface area contributed by atoms with Crippen LogP contribution < -0.4 is 4.90 Å². The minimum Gasteiger partial charge on any atom is -0.268 e. The average molecular weight is 352 g/mol. The Morgan fingerprint density at radius 3 is 2.65 bits per heavy atom. The summed E-state index contributed by atoms with van der Waals surface area (Å²) in [5.41, 5.74) is 1.41. The summed E-state index contributed by atoms with van der Waals surface area (Å²) in [6.45, 7) is 0. The fourth-order valence-corrected chi connectivity index (χ4v) is 2.79. The average Bonchev–Trinajstić information content (AvgIpc) is 2.72. The molecule has 2 amide bonds. The first kappa shape index (κ1) is 13.3. The molecule has 0 fully saturated rings. The van der Waals surface area contributed by atoms with Crippen molar-refractivity contribution in [2.75, 3.05) is 4.90 Å². The summed E-state index contributed by atoms with van der Waals surface area (Å²) in [6.07, 6.45) is 1.53. The molecule has 0 saturated heterocycles. The molecule has 0 N–H and O–H groups in total. The van der Waals surface area contributed by atoms with Crippen molar-refractivity contribution >= 4 is 45.2 Å². The lowest BCUT2D eigenvalue weighted by atomic mass is 10.1. The number of hydrogen-bond acceptors (Lipinski definition) is 3. The van der Waals surface area contributed by atoms with Crippen molar-refractivity contribution in [3.8, 4) is 0 Å². The molecule has 1 aromatic heterocycles. The van der Waals surface area contributed by atoms with Gasteiger partial charge in [0, 0.05) is 11.5 Å². The smallest absolute Gasteiger partial charge is 0.268 e. The lowest BCUT2D eigenvalue weighted by molar-refractivity contribution is 0.0925. The largest absolute Gasteiger partial charge is 0.268 e. The second-order valence-electron chi connectivity index (χ2n) is 4.27. The van der Waals surface area contributed by atoms with Crippen molar-refractivity contribution in [2.24, 2.45) is 0 Å². The molecule has 1 aromatic carbocycles. The standard InChI is InChI=1S/C14H8BrClN2O2/c15-7-8-5-9-12(10(16)6-8)14(20)18(13(9)19)11-3-1-2-4-17-11/h1-6H,7H2. The maximum atomic E-state index is 12.4. The molecule has 0 spiro atoms. The zero-order chi connectivity index (χ0) is 14.3. The van der Waals surface area contributed by atoms with Crippen LogP contribution in [0, 0.1) is 0 Å². The molecule has 2 heterocycles. The van der Waals surface area contributed by atoms with Crippen LogP contribution in [0.25, 0.3) is 0 Å². The number of carbonyl (C=O) groups excluding carboxylic acids is 2. The second-order valence-corrected chi connectivity index (χ2v) is 5.24. The van der Waals surface area contributed by atoms with E-state index in [9.17, 15) is 9.59 Å². The molecule has 0 aliphatic carbocycles. The second kappa shape index (κ2) is 5.00. The zero-order valence-electron chi connectivity index (χ0n) is 10.1. The fourth-order valence-electron chi connectivity index (χ4n) is 2.14. The molecule has 4 nitrogen and oxygen atoms in total. The van der Waals surface area contributed by atoms with Crippen LogP contribution in [-0.2, 0) is 5.33 Å². The molecule has 0 unspecified atom stereocenters. The molecule has 20 heavy (non-hydrogen) atoms. The Balaban J connectivity index is 2.15. The molecule has 0 radical (unpaired) electrons. The lowest BCUT2D eigenvalue weighted by Gasteiger charge is -2.11. The van der Waals surface area contributed by atoms with E-state index in [0.29, 0.717) is 16.7 Å². The van der Waals surface area contributed by atoms with Crippen molar-refractivity contribution < 1.29 is 9.59 Å². The van der Waals surface area contributed by atoms with E-state index in [-0.39, 0.29) is 10.6 Å². The molecular weight excluding hydrogens is 344 g/mol. The number of carbonyl (C=O) groups is 2. The van der Waals surface area contributed by atoms with Crippen LogP contribution in [0.5, 0.6) is 0 Å². The number of aromatic nitrogens is 1. The minimum absolute atomic E-state index is 0.243. The predicted octanol–water partition coefficient (Wildman–Crippen LogP) is 3.43. The molecular formula is C14H8BrClN2O2. The Morgan fingerprint density at radius 2 is 2.00 bits per heavy atom. The van der Waals surface area contributed by atoms with Crippen molar-refractivity contribution in [1.29, 1.82) is 0 Å². The highest BCUT2D eigenvalue weighted by atomic mass is 79.9. The summed E-state index contributed by atoms with van der Waals surface area (Å²) in [6, 6.07) is 8.41. The number of alkyl halides is 1. The number of pyridine rings is 1. The molecule has 2 aromatic rings. The topological polar surface area (TPSA) is 50.3 Å². The summed E-state index contributed by atoms with van der Waals surface area (Å²) in [5.74, 6) is -0.529. The summed E-state index contributed by atoms with van der Waals surface area (Å²) in [4.78, 5) is 29.9. The van der Waals surface area contributed by atoms with E-state index in [2.05, 4.69) is 20.9 Å². The Morgan fingerprint density at radius 1 is 1.20 bits per heavy atom. The Bertz CT molecular complexity index is 719. The highest BCUT2D eigenvalue weighted by Gasteiger charge is 2.39. The van der Waals surface area contributed by atoms with Gasteiger partial charge in [-0.1, -0.05) is 33.6 Å². The zero-order valence-corrected chi connectivity index (χ0v) is 12.5. The van der Waals surface area contributed by atoms with E-state index < -0.39 is 11.8 Å². The number of benzene rings is 1. The van der Waals surface area contributed by atoms with Crippen molar-refractivity contribution in [3.63, 3.8) is 0 Å². The lowest BCUT2D eigenvalue weighted by Crippen LogP contribution is -2.30. The first-order valence-electron chi connectivity index (χ1n) is 5.81. The van der Waals surface area contributed by atoms with Crippen LogP contribution in [-0.4, -0.2) is 16.8 Å². The van der Waals surface area contributed by atoms with Gasteiger partial charge in [0.1, 0.15) is 5.82 Å². The van der Waals surface area contributed by atoms with E-state index in [1.807, 2.05) is 0 Å². The Hall–Kier alpha value is -1.72. The summed E-state index contributed by atoms with van der Waals surface area (Å²) in [5, 5.41) is 0.846. The van der Waals surface area contributed by atoms with Crippen LogP contribution in [0.4, 0.5) is 5.82 Å². The third kappa shape index (κ3) is 1.94. The number of fused-ring (bicyclic) bond motifs is 1. The fraction of sp³-hybridized carbons (Fsp3) is 0.0714. The molecule has 0 saturated carbocycles. The van der Waals surface area contributed by atoms with Gasteiger partial charge in [-0.25, -0.2) is 9.88 Å². The molecule has 1 aliphatic rings. The molecule has 0 bridgehead atoms. The maximum Gasteiger partial charge on any atom is 0.268 e. The molecule has 100 valence electrons. The maximum absolute atomic E-state index is 12.4. The van der Waals surface area contributed by atoms with Gasteiger partial charge in [-0.3, -0.25) is 9.59 Å². The molecule has 6 heteroatoms. The number of imide groups is 1. The molecule has 3 rings (SSSR count). The van der Waals surface area contributed by atoms with Gasteiger partial charge in [-0.15, -0.1) is 0 Å². The van der Waals surface area contributed by atoms with Gasteiger partial charge < -0.3 is 0 Å². The van der Waals surface area contributed by atoms with Gasteiger partial charge in [0.05, 0.1) is 16.1 Å². The summed E-state index contributed by atoms with van der Waals surface area (Å²) in [7, 11) is 0. The van der Waals surface area contributed by atoms with Gasteiger partial charge >= 0.3 is 0 Å². The molecule has 1 aliphatic heterocycles. The van der Waals surface area contributed by atoms with Crippen LogP contribution in [0.3, 0.4) is 0 Å². The van der Waals surface area contributed by atoms with Crippen LogP contribution in [0.15, 0.2) is 36.5 Å². The SMILES string of the molecule is O=C1c2cc(CBr)cc(Cl)c2C(=O)N1c1ccccn1. The third-order valence-electron chi connectivity index (χ3n) is 3.03. The highest BCUT2D eigenvalue weighted by molar-refractivity contribution is 9.08. The van der Waals surface area contributed by atoms with Gasteiger partial charge in [-0.05, 0) is 29.8 Å². The van der Waals surface area contributed by atoms with E-state index in [0.717, 1.165) is 10.5 Å². The minimum atomic E-state index is -0.435. The predicted molar refractivity (Wildman–Crippen MR) is 79.5 cm³/mol. The van der Waals surface area contributed by atoms with Crippen LogP contribution in [0.2, 0.25) is 5.02 Å². The number of halogens is 2. The van der Waals surface area contributed by atoms with Crippen molar-refractivity contribution in [1.82, 2.24) is 4.98 Å². The number of nitrogens with zero attached hydrogens (tertiary/aromatic N) is 2. The van der Waals surface area contributed by atoms with E-state index >= 15 is 0 Å². The van der Waals surface area contributed by atoms with Crippen molar-refractivity contribution in [2.45, 2.75) is 5.33 Å². The quantitative estimate of drug-likeness (QED) is 0.615. The highest BCUT2D eigenvalue weighted by Crippen LogP contribution is 2.33. The first-order valence-corrected chi connectivity index (χ1v) is 7.31. The van der Waals surface area contributed by atoms with Crippen LogP contribution in [0.1, 0.15) is 26.3 Å². The normalized spacial score (nSPS) is 13.8. The number of anilines is 1. The first-order chi connectivity index (χ1) is 9.63. The van der Waals surface area contributed by atoms with Crippen LogP contribution >= 0.6 is 27.5 Å². The van der Waals surface area contributed by atoms with Gasteiger partial charge in [0.15, 0.2) is 0 Å². The van der Waals surface area contributed by atoms with E-state index in [4.69, 9.17) is 11.6 Å². The van der Waals surface area contributed by atoms with E-state index in [1.165, 1.54) is 6.20 Å². The van der Waals surface area contributed by atoms with Gasteiger partial charge in [-0.2, -0.15) is 0 Å².